The van der Waals surface area contributed by atoms with Crippen molar-refractivity contribution in [2.75, 3.05) is 0 Å². The number of aliphatic hydroxyl groups is 2. The molecule has 4 atom stereocenters. The van der Waals surface area contributed by atoms with Gasteiger partial charge in [0.25, 0.3) is 0 Å². The van der Waals surface area contributed by atoms with Crippen molar-refractivity contribution in [3.63, 3.8) is 0 Å². The van der Waals surface area contributed by atoms with Gasteiger partial charge < -0.3 is 15.3 Å². The second-order valence-corrected chi connectivity index (χ2v) is 4.66. The Bertz CT molecular complexity index is 296. The molecule has 0 aromatic rings. The van der Waals surface area contributed by atoms with Gasteiger partial charge in [0.05, 0.1) is 12.2 Å². The first kappa shape index (κ1) is 16.9. The van der Waals surface area contributed by atoms with E-state index in [0.29, 0.717) is 6.42 Å². The van der Waals surface area contributed by atoms with E-state index in [0.717, 1.165) is 12.5 Å². The Labute approximate surface area is 109 Å². The van der Waals surface area contributed by atoms with Gasteiger partial charge in [-0.25, -0.2) is 4.79 Å². The van der Waals surface area contributed by atoms with E-state index in [1.165, 1.54) is 6.08 Å². The monoisotopic (exact) mass is 256 g/mol. The Balaban J connectivity index is 4.16. The van der Waals surface area contributed by atoms with Crippen LogP contribution in [-0.2, 0) is 4.79 Å². The summed E-state index contributed by atoms with van der Waals surface area (Å²) in [4.78, 5) is 10.2. The van der Waals surface area contributed by atoms with Gasteiger partial charge >= 0.3 is 5.97 Å². The fourth-order valence-electron chi connectivity index (χ4n) is 1.64. The number of carbonyl (C=O) groups is 1. The minimum Gasteiger partial charge on any atom is -0.478 e. The first-order valence-electron chi connectivity index (χ1n) is 6.32. The van der Waals surface area contributed by atoms with Crippen molar-refractivity contribution in [3.05, 3.63) is 24.3 Å². The molecule has 0 aliphatic rings. The molecule has 0 amide bonds. The molecule has 3 N–H and O–H groups in total. The highest BCUT2D eigenvalue weighted by atomic mass is 16.4. The molecule has 0 bridgehead atoms. The van der Waals surface area contributed by atoms with Crippen molar-refractivity contribution in [1.29, 1.82) is 0 Å². The molecule has 0 aromatic heterocycles. The largest absolute Gasteiger partial charge is 0.478 e. The minimum absolute atomic E-state index is 0.158. The topological polar surface area (TPSA) is 77.8 Å². The Morgan fingerprint density at radius 2 is 1.83 bits per heavy atom. The van der Waals surface area contributed by atoms with Crippen LogP contribution in [0.25, 0.3) is 0 Å². The zero-order chi connectivity index (χ0) is 14.1. The highest BCUT2D eigenvalue weighted by molar-refractivity contribution is 5.80. The maximum atomic E-state index is 10.2. The number of hydrogen-bond donors (Lipinski definition) is 3. The van der Waals surface area contributed by atoms with Crippen LogP contribution in [0.1, 0.15) is 33.6 Å². The summed E-state index contributed by atoms with van der Waals surface area (Å²) in [5.74, 6) is -1.04. The molecular formula is C14H24O4. The Hall–Kier alpha value is -1.13. The lowest BCUT2D eigenvalue weighted by Gasteiger charge is -2.27. The predicted molar refractivity (Wildman–Crippen MR) is 71.2 cm³/mol. The standard InChI is InChI=1S/C14H24O4/c1-4-10(2)14(18)11(3)12(15)8-6-5-7-9-13(16)17/h5-7,9-12,14-15,18H,4,8H2,1-3H3,(H,16,17). The molecule has 104 valence electrons. The van der Waals surface area contributed by atoms with Crippen LogP contribution in [0.15, 0.2) is 24.3 Å². The fourth-order valence-corrected chi connectivity index (χ4v) is 1.64. The van der Waals surface area contributed by atoms with Crippen molar-refractivity contribution >= 4 is 5.97 Å². The highest BCUT2D eigenvalue weighted by Crippen LogP contribution is 2.20. The van der Waals surface area contributed by atoms with Gasteiger partial charge in [-0.2, -0.15) is 0 Å². The minimum atomic E-state index is -0.999. The molecule has 0 saturated carbocycles. The van der Waals surface area contributed by atoms with Crippen LogP contribution in [0.5, 0.6) is 0 Å². The molecule has 18 heavy (non-hydrogen) atoms. The molecule has 0 fully saturated rings. The predicted octanol–water partition coefficient (Wildman–Crippen LogP) is 1.98. The van der Waals surface area contributed by atoms with Crippen LogP contribution in [0.3, 0.4) is 0 Å². The number of allylic oxidation sites excluding steroid dienone is 2. The number of aliphatic carboxylic acids is 1. The van der Waals surface area contributed by atoms with Crippen LogP contribution < -0.4 is 0 Å². The average Bonchev–Trinajstić information content (AvgIpc) is 2.34. The summed E-state index contributed by atoms with van der Waals surface area (Å²) in [7, 11) is 0. The zero-order valence-corrected chi connectivity index (χ0v) is 11.3. The Morgan fingerprint density at radius 1 is 1.22 bits per heavy atom. The SMILES string of the molecule is CCC(C)C(O)C(C)C(O)CC=CC=CC(=O)O. The van der Waals surface area contributed by atoms with E-state index in [9.17, 15) is 15.0 Å². The van der Waals surface area contributed by atoms with Gasteiger partial charge in [-0.15, -0.1) is 0 Å². The quantitative estimate of drug-likeness (QED) is 0.458. The van der Waals surface area contributed by atoms with E-state index < -0.39 is 18.2 Å². The number of aliphatic hydroxyl groups excluding tert-OH is 2. The summed E-state index contributed by atoms with van der Waals surface area (Å²) < 4.78 is 0. The van der Waals surface area contributed by atoms with E-state index in [1.807, 2.05) is 20.8 Å². The number of carboxylic acids is 1. The third kappa shape index (κ3) is 6.57. The van der Waals surface area contributed by atoms with Crippen molar-refractivity contribution in [2.45, 2.75) is 45.8 Å². The third-order valence-corrected chi connectivity index (χ3v) is 3.24. The van der Waals surface area contributed by atoms with Crippen LogP contribution in [0.2, 0.25) is 0 Å². The molecule has 0 rings (SSSR count). The molecule has 4 heteroatoms. The van der Waals surface area contributed by atoms with Gasteiger partial charge in [0.15, 0.2) is 0 Å². The summed E-state index contributed by atoms with van der Waals surface area (Å²) >= 11 is 0. The lowest BCUT2D eigenvalue weighted by atomic mass is 9.87. The van der Waals surface area contributed by atoms with Gasteiger partial charge in [-0.3, -0.25) is 0 Å². The van der Waals surface area contributed by atoms with E-state index in [-0.39, 0.29) is 11.8 Å². The molecule has 4 nitrogen and oxygen atoms in total. The molecule has 0 aromatic carbocycles. The first-order chi connectivity index (χ1) is 8.40. The highest BCUT2D eigenvalue weighted by Gasteiger charge is 2.25. The average molecular weight is 256 g/mol. The van der Waals surface area contributed by atoms with Crippen molar-refractivity contribution < 1.29 is 20.1 Å². The normalized spacial score (nSPS) is 18.9. The summed E-state index contributed by atoms with van der Waals surface area (Å²) in [6.07, 6.45) is 5.85. The van der Waals surface area contributed by atoms with Crippen LogP contribution in [-0.4, -0.2) is 33.5 Å². The molecule has 4 unspecified atom stereocenters. The van der Waals surface area contributed by atoms with Crippen LogP contribution >= 0.6 is 0 Å². The van der Waals surface area contributed by atoms with Gasteiger partial charge in [0, 0.05) is 12.0 Å². The molecule has 0 saturated heterocycles. The van der Waals surface area contributed by atoms with Crippen molar-refractivity contribution in [1.82, 2.24) is 0 Å². The van der Waals surface area contributed by atoms with E-state index in [1.54, 1.807) is 12.2 Å². The lowest BCUT2D eigenvalue weighted by molar-refractivity contribution is -0.131. The molecule has 0 aliphatic carbocycles. The summed E-state index contributed by atoms with van der Waals surface area (Å²) in [5, 5.41) is 28.2. The first-order valence-corrected chi connectivity index (χ1v) is 6.32. The van der Waals surface area contributed by atoms with Gasteiger partial charge in [-0.05, 0) is 12.3 Å². The smallest absolute Gasteiger partial charge is 0.328 e. The molecule has 0 aliphatic heterocycles. The van der Waals surface area contributed by atoms with E-state index in [4.69, 9.17) is 5.11 Å². The maximum Gasteiger partial charge on any atom is 0.328 e. The summed E-state index contributed by atoms with van der Waals surface area (Å²) in [6, 6.07) is 0. The lowest BCUT2D eigenvalue weighted by Crippen LogP contribution is -2.33. The van der Waals surface area contributed by atoms with Gasteiger partial charge in [0.1, 0.15) is 0 Å². The fraction of sp³-hybridized carbons (Fsp3) is 0.643. The Kier molecular flexibility index (Phi) is 8.33. The number of carboxylic acid groups (broad SMARTS) is 1. The van der Waals surface area contributed by atoms with E-state index in [2.05, 4.69) is 0 Å². The number of hydrogen-bond acceptors (Lipinski definition) is 3. The summed E-state index contributed by atoms with van der Waals surface area (Å²) in [5.41, 5.74) is 0. The van der Waals surface area contributed by atoms with Gasteiger partial charge in [-0.1, -0.05) is 45.4 Å². The molecule has 0 radical (unpaired) electrons. The van der Waals surface area contributed by atoms with E-state index >= 15 is 0 Å². The third-order valence-electron chi connectivity index (χ3n) is 3.24. The van der Waals surface area contributed by atoms with Crippen LogP contribution in [0.4, 0.5) is 0 Å². The second kappa shape index (κ2) is 8.89. The van der Waals surface area contributed by atoms with Crippen LogP contribution in [0, 0.1) is 11.8 Å². The number of rotatable bonds is 8. The van der Waals surface area contributed by atoms with Crippen molar-refractivity contribution in [2.24, 2.45) is 11.8 Å². The second-order valence-electron chi connectivity index (χ2n) is 4.66. The van der Waals surface area contributed by atoms with Gasteiger partial charge in [0.2, 0.25) is 0 Å². The van der Waals surface area contributed by atoms with Crippen molar-refractivity contribution in [3.8, 4) is 0 Å². The zero-order valence-electron chi connectivity index (χ0n) is 11.3. The molecule has 0 heterocycles. The molecular weight excluding hydrogens is 232 g/mol. The molecule has 0 spiro atoms. The summed E-state index contributed by atoms with van der Waals surface area (Å²) in [6.45, 7) is 5.78. The maximum absolute atomic E-state index is 10.2. The Morgan fingerprint density at radius 3 is 2.33 bits per heavy atom.